The molecule has 0 radical (unpaired) electrons. The molecule has 1 aromatic rings. The van der Waals surface area contributed by atoms with E-state index in [9.17, 15) is 22.8 Å². The molecule has 1 aliphatic heterocycles. The van der Waals surface area contributed by atoms with Gasteiger partial charge in [0.2, 0.25) is 11.8 Å². The molecule has 0 saturated heterocycles. The summed E-state index contributed by atoms with van der Waals surface area (Å²) in [6.07, 6.45) is -3.72. The molecule has 0 spiro atoms. The van der Waals surface area contributed by atoms with E-state index in [-0.39, 0.29) is 5.91 Å². The highest BCUT2D eigenvalue weighted by Gasteiger charge is 2.29. The van der Waals surface area contributed by atoms with Gasteiger partial charge in [-0.3, -0.25) is 9.59 Å². The van der Waals surface area contributed by atoms with Crippen LogP contribution in [0.25, 0.3) is 0 Å². The molecule has 0 fully saturated rings. The second kappa shape index (κ2) is 6.47. The van der Waals surface area contributed by atoms with Crippen LogP contribution in [0.5, 0.6) is 0 Å². The van der Waals surface area contributed by atoms with Gasteiger partial charge >= 0.3 is 6.18 Å². The van der Waals surface area contributed by atoms with Crippen LogP contribution in [0.4, 0.5) is 24.5 Å². The molecule has 2 N–H and O–H groups in total. The van der Waals surface area contributed by atoms with E-state index in [1.54, 1.807) is 17.0 Å². The summed E-state index contributed by atoms with van der Waals surface area (Å²) in [7, 11) is 0. The van der Waals surface area contributed by atoms with E-state index in [1.807, 2.05) is 11.4 Å². The highest BCUT2D eigenvalue weighted by molar-refractivity contribution is 5.94. The maximum atomic E-state index is 12.1. The predicted octanol–water partition coefficient (Wildman–Crippen LogP) is 2.07. The zero-order valence-corrected chi connectivity index (χ0v) is 12.8. The van der Waals surface area contributed by atoms with Crippen LogP contribution in [-0.4, -0.2) is 37.1 Å². The predicted molar refractivity (Wildman–Crippen MR) is 80.3 cm³/mol. The molecular weight excluding hydrogens is 311 g/mol. The van der Waals surface area contributed by atoms with E-state index in [0.717, 1.165) is 11.3 Å². The van der Waals surface area contributed by atoms with Gasteiger partial charge in [0.05, 0.1) is 0 Å². The van der Waals surface area contributed by atoms with Gasteiger partial charge in [-0.25, -0.2) is 0 Å². The number of fused-ring (bicyclic) bond motifs is 1. The SMILES string of the molecule is CC(=O)N1CCc2cc(NC(C)C(=O)NCC(F)(F)F)ccc21. The fraction of sp³-hybridized carbons (Fsp3) is 0.467. The van der Waals surface area contributed by atoms with Crippen LogP contribution >= 0.6 is 0 Å². The second-order valence-corrected chi connectivity index (χ2v) is 5.46. The first kappa shape index (κ1) is 17.1. The van der Waals surface area contributed by atoms with Crippen molar-refractivity contribution < 1.29 is 22.8 Å². The Morgan fingerprint density at radius 1 is 1.35 bits per heavy atom. The summed E-state index contributed by atoms with van der Waals surface area (Å²) in [5.41, 5.74) is 2.43. The first-order chi connectivity index (χ1) is 10.7. The lowest BCUT2D eigenvalue weighted by Gasteiger charge is -2.18. The number of nitrogens with zero attached hydrogens (tertiary/aromatic N) is 1. The average molecular weight is 329 g/mol. The van der Waals surface area contributed by atoms with Crippen molar-refractivity contribution in [3.8, 4) is 0 Å². The van der Waals surface area contributed by atoms with Crippen LogP contribution in [0.1, 0.15) is 19.4 Å². The lowest BCUT2D eigenvalue weighted by Crippen LogP contribution is -2.42. The van der Waals surface area contributed by atoms with Crippen LogP contribution in [0.15, 0.2) is 18.2 Å². The fourth-order valence-corrected chi connectivity index (χ4v) is 2.47. The summed E-state index contributed by atoms with van der Waals surface area (Å²) in [6, 6.07) is 4.48. The minimum absolute atomic E-state index is 0.0376. The largest absolute Gasteiger partial charge is 0.405 e. The molecule has 0 aliphatic carbocycles. The van der Waals surface area contributed by atoms with Crippen molar-refractivity contribution in [3.63, 3.8) is 0 Å². The third kappa shape index (κ3) is 4.37. The smallest absolute Gasteiger partial charge is 0.374 e. The van der Waals surface area contributed by atoms with Crippen molar-refractivity contribution in [2.75, 3.05) is 23.3 Å². The van der Waals surface area contributed by atoms with E-state index in [4.69, 9.17) is 0 Å². The molecule has 8 heteroatoms. The molecule has 23 heavy (non-hydrogen) atoms. The molecule has 5 nitrogen and oxygen atoms in total. The number of anilines is 2. The number of carbonyl (C=O) groups excluding carboxylic acids is 2. The molecule has 2 rings (SSSR count). The summed E-state index contributed by atoms with van der Waals surface area (Å²) < 4.78 is 36.3. The average Bonchev–Trinajstić information content (AvgIpc) is 2.87. The van der Waals surface area contributed by atoms with Crippen molar-refractivity contribution in [2.45, 2.75) is 32.5 Å². The van der Waals surface area contributed by atoms with Gasteiger partial charge < -0.3 is 15.5 Å². The Morgan fingerprint density at radius 3 is 2.65 bits per heavy atom. The van der Waals surface area contributed by atoms with Crippen molar-refractivity contribution in [1.29, 1.82) is 0 Å². The third-order valence-electron chi connectivity index (χ3n) is 3.59. The van der Waals surface area contributed by atoms with Crippen molar-refractivity contribution >= 4 is 23.2 Å². The van der Waals surface area contributed by atoms with Gasteiger partial charge in [0, 0.05) is 24.8 Å². The lowest BCUT2D eigenvalue weighted by atomic mass is 10.1. The van der Waals surface area contributed by atoms with Gasteiger partial charge in [-0.05, 0) is 37.1 Å². The minimum atomic E-state index is -4.43. The Hall–Kier alpha value is -2.25. The number of hydrogen-bond acceptors (Lipinski definition) is 3. The Balaban J connectivity index is 1.99. The zero-order valence-electron chi connectivity index (χ0n) is 12.8. The molecule has 1 unspecified atom stereocenters. The first-order valence-corrected chi connectivity index (χ1v) is 7.19. The Bertz CT molecular complexity index is 616. The minimum Gasteiger partial charge on any atom is -0.374 e. The molecule has 1 heterocycles. The Morgan fingerprint density at radius 2 is 2.04 bits per heavy atom. The molecule has 1 aliphatic rings. The number of rotatable bonds is 4. The van der Waals surface area contributed by atoms with E-state index in [0.29, 0.717) is 18.7 Å². The maximum Gasteiger partial charge on any atom is 0.405 e. The number of nitrogens with one attached hydrogen (secondary N) is 2. The second-order valence-electron chi connectivity index (χ2n) is 5.46. The number of carbonyl (C=O) groups is 2. The number of alkyl halides is 3. The van der Waals surface area contributed by atoms with E-state index >= 15 is 0 Å². The van der Waals surface area contributed by atoms with Crippen molar-refractivity contribution in [2.24, 2.45) is 0 Å². The topological polar surface area (TPSA) is 61.4 Å². The van der Waals surface area contributed by atoms with Crippen LogP contribution in [0, 0.1) is 0 Å². The van der Waals surface area contributed by atoms with Crippen LogP contribution in [0.3, 0.4) is 0 Å². The fourth-order valence-electron chi connectivity index (χ4n) is 2.47. The van der Waals surface area contributed by atoms with E-state index in [1.165, 1.54) is 13.8 Å². The molecule has 126 valence electrons. The number of halogens is 3. The summed E-state index contributed by atoms with van der Waals surface area (Å²) in [6.45, 7) is 2.24. The third-order valence-corrected chi connectivity index (χ3v) is 3.59. The zero-order chi connectivity index (χ0) is 17.2. The van der Waals surface area contributed by atoms with E-state index in [2.05, 4.69) is 5.32 Å². The van der Waals surface area contributed by atoms with Crippen LogP contribution < -0.4 is 15.5 Å². The number of benzene rings is 1. The normalized spacial score (nSPS) is 15.1. The van der Waals surface area contributed by atoms with E-state index < -0.39 is 24.7 Å². The standard InChI is InChI=1S/C15H18F3N3O2/c1-9(14(23)19-8-15(16,17)18)20-12-3-4-13-11(7-12)5-6-21(13)10(2)22/h3-4,7,9,20H,5-6,8H2,1-2H3,(H,19,23). The summed E-state index contributed by atoms with van der Waals surface area (Å²) in [5.74, 6) is -0.766. The highest BCUT2D eigenvalue weighted by Crippen LogP contribution is 2.30. The molecule has 0 aromatic heterocycles. The lowest BCUT2D eigenvalue weighted by molar-refractivity contribution is -0.138. The van der Waals surface area contributed by atoms with Crippen molar-refractivity contribution in [3.05, 3.63) is 23.8 Å². The molecule has 0 bridgehead atoms. The first-order valence-electron chi connectivity index (χ1n) is 7.19. The van der Waals surface area contributed by atoms with Gasteiger partial charge in [-0.15, -0.1) is 0 Å². The highest BCUT2D eigenvalue weighted by atomic mass is 19.4. The maximum absolute atomic E-state index is 12.1. The van der Waals surface area contributed by atoms with Crippen LogP contribution in [-0.2, 0) is 16.0 Å². The quantitative estimate of drug-likeness (QED) is 0.889. The van der Waals surface area contributed by atoms with Crippen molar-refractivity contribution in [1.82, 2.24) is 5.32 Å². The van der Waals surface area contributed by atoms with Crippen LogP contribution in [0.2, 0.25) is 0 Å². The summed E-state index contributed by atoms with van der Waals surface area (Å²) in [4.78, 5) is 24.8. The summed E-state index contributed by atoms with van der Waals surface area (Å²) in [5, 5.41) is 4.71. The molecular formula is C15H18F3N3O2. The monoisotopic (exact) mass is 329 g/mol. The molecule has 1 aromatic carbocycles. The number of amides is 2. The van der Waals surface area contributed by atoms with Gasteiger partial charge in [0.25, 0.3) is 0 Å². The molecule has 1 atom stereocenters. The molecule has 0 saturated carbocycles. The molecule has 2 amide bonds. The Kier molecular flexibility index (Phi) is 4.82. The summed E-state index contributed by atoms with van der Waals surface area (Å²) >= 11 is 0. The van der Waals surface area contributed by atoms with Gasteiger partial charge in [-0.1, -0.05) is 0 Å². The van der Waals surface area contributed by atoms with Gasteiger partial charge in [0.15, 0.2) is 0 Å². The van der Waals surface area contributed by atoms with Gasteiger partial charge in [0.1, 0.15) is 12.6 Å². The Labute approximate surface area is 131 Å². The van der Waals surface area contributed by atoms with Gasteiger partial charge in [-0.2, -0.15) is 13.2 Å². The number of hydrogen-bond donors (Lipinski definition) is 2.